The van der Waals surface area contributed by atoms with E-state index in [0.717, 1.165) is 49.0 Å². The molecule has 1 aromatic heterocycles. The van der Waals surface area contributed by atoms with Gasteiger partial charge in [-0.1, -0.05) is 12.1 Å². The summed E-state index contributed by atoms with van der Waals surface area (Å²) >= 11 is 0. The van der Waals surface area contributed by atoms with E-state index in [9.17, 15) is 9.18 Å². The van der Waals surface area contributed by atoms with Crippen molar-refractivity contribution >= 4 is 0 Å². The van der Waals surface area contributed by atoms with E-state index in [4.69, 9.17) is 0 Å². The van der Waals surface area contributed by atoms with Gasteiger partial charge >= 0.3 is 0 Å². The molecule has 1 fully saturated rings. The average molecular weight is 313 g/mol. The van der Waals surface area contributed by atoms with Crippen molar-refractivity contribution in [2.45, 2.75) is 51.2 Å². The van der Waals surface area contributed by atoms with Crippen LogP contribution in [0.25, 0.3) is 0 Å². The Morgan fingerprint density at radius 1 is 1.22 bits per heavy atom. The second kappa shape index (κ2) is 5.57. The van der Waals surface area contributed by atoms with Gasteiger partial charge in [0.15, 0.2) is 0 Å². The fourth-order valence-corrected chi connectivity index (χ4v) is 4.02. The standard InChI is InChI=1S/C18H20FN3O/c1-11-20-17-9-15-7-6-14(8-16(17)18(23)21-11)22(15)10-12-2-4-13(19)5-3-12/h2-5,14-15H,6-10H2,1H3,(H,20,21,23). The van der Waals surface area contributed by atoms with Crippen molar-refractivity contribution in [1.29, 1.82) is 0 Å². The molecule has 0 radical (unpaired) electrons. The number of nitrogens with one attached hydrogen (secondary N) is 1. The molecule has 2 atom stereocenters. The average Bonchev–Trinajstić information content (AvgIpc) is 2.78. The zero-order chi connectivity index (χ0) is 16.0. The van der Waals surface area contributed by atoms with Gasteiger partial charge in [-0.3, -0.25) is 9.69 Å². The van der Waals surface area contributed by atoms with E-state index in [2.05, 4.69) is 14.9 Å². The van der Waals surface area contributed by atoms with Crippen LogP contribution in [0, 0.1) is 12.7 Å². The van der Waals surface area contributed by atoms with Crippen LogP contribution in [0.4, 0.5) is 4.39 Å². The first-order valence-electron chi connectivity index (χ1n) is 8.19. The van der Waals surface area contributed by atoms with E-state index >= 15 is 0 Å². The number of hydrogen-bond acceptors (Lipinski definition) is 3. The number of aryl methyl sites for hydroxylation is 1. The Balaban J connectivity index is 1.64. The van der Waals surface area contributed by atoms with Crippen LogP contribution in [0.1, 0.15) is 35.5 Å². The fraction of sp³-hybridized carbons (Fsp3) is 0.444. The molecule has 0 saturated carbocycles. The molecule has 5 heteroatoms. The normalized spacial score (nSPS) is 23.6. The number of fused-ring (bicyclic) bond motifs is 3. The first kappa shape index (κ1) is 14.6. The molecule has 2 aliphatic heterocycles. The van der Waals surface area contributed by atoms with Crippen molar-refractivity contribution in [3.8, 4) is 0 Å². The van der Waals surface area contributed by atoms with E-state index in [1.165, 1.54) is 12.1 Å². The fourth-order valence-electron chi connectivity index (χ4n) is 4.02. The van der Waals surface area contributed by atoms with E-state index < -0.39 is 0 Å². The Hall–Kier alpha value is -2.01. The van der Waals surface area contributed by atoms with Crippen LogP contribution >= 0.6 is 0 Å². The van der Waals surface area contributed by atoms with Gasteiger partial charge in [0, 0.05) is 30.6 Å². The Bertz CT molecular complexity index is 784. The molecule has 4 nitrogen and oxygen atoms in total. The summed E-state index contributed by atoms with van der Waals surface area (Å²) in [5.74, 6) is 0.489. The Morgan fingerprint density at radius 3 is 2.65 bits per heavy atom. The van der Waals surface area contributed by atoms with Crippen LogP contribution in [-0.2, 0) is 19.4 Å². The van der Waals surface area contributed by atoms with Crippen molar-refractivity contribution in [2.75, 3.05) is 0 Å². The molecule has 0 spiro atoms. The molecule has 3 heterocycles. The molecule has 1 aromatic carbocycles. The predicted octanol–water partition coefficient (Wildman–Crippen LogP) is 2.35. The second-order valence-electron chi connectivity index (χ2n) is 6.67. The highest BCUT2D eigenvalue weighted by Gasteiger charge is 2.38. The summed E-state index contributed by atoms with van der Waals surface area (Å²) in [7, 11) is 0. The van der Waals surface area contributed by atoms with Crippen molar-refractivity contribution in [3.63, 3.8) is 0 Å². The van der Waals surface area contributed by atoms with Crippen LogP contribution in [0.2, 0.25) is 0 Å². The molecular weight excluding hydrogens is 293 g/mol. The van der Waals surface area contributed by atoms with Crippen LogP contribution in [-0.4, -0.2) is 27.0 Å². The van der Waals surface area contributed by atoms with E-state index in [1.54, 1.807) is 0 Å². The third-order valence-corrected chi connectivity index (χ3v) is 5.14. The monoisotopic (exact) mass is 313 g/mol. The molecular formula is C18H20FN3O. The maximum atomic E-state index is 13.1. The van der Waals surface area contributed by atoms with Gasteiger partial charge in [-0.25, -0.2) is 9.37 Å². The molecule has 0 amide bonds. The van der Waals surface area contributed by atoms with Crippen molar-refractivity contribution < 1.29 is 4.39 Å². The molecule has 23 heavy (non-hydrogen) atoms. The highest BCUT2D eigenvalue weighted by Crippen LogP contribution is 2.33. The summed E-state index contributed by atoms with van der Waals surface area (Å²) in [5, 5.41) is 0. The number of hydrogen-bond donors (Lipinski definition) is 1. The number of H-pyrrole nitrogens is 1. The summed E-state index contributed by atoms with van der Waals surface area (Å²) in [6, 6.07) is 7.51. The first-order chi connectivity index (χ1) is 11.1. The van der Waals surface area contributed by atoms with E-state index in [-0.39, 0.29) is 11.4 Å². The molecule has 2 bridgehead atoms. The maximum Gasteiger partial charge on any atom is 0.254 e. The number of nitrogens with zero attached hydrogens (tertiary/aromatic N) is 2. The summed E-state index contributed by atoms with van der Waals surface area (Å²) in [6.07, 6.45) is 3.84. The Morgan fingerprint density at radius 2 is 1.91 bits per heavy atom. The minimum absolute atomic E-state index is 0.0155. The quantitative estimate of drug-likeness (QED) is 0.926. The number of rotatable bonds is 2. The molecule has 1 N–H and O–H groups in total. The summed E-state index contributed by atoms with van der Waals surface area (Å²) in [4.78, 5) is 22.1. The molecule has 2 aromatic rings. The van der Waals surface area contributed by atoms with Crippen LogP contribution in [0.15, 0.2) is 29.1 Å². The zero-order valence-electron chi connectivity index (χ0n) is 13.2. The molecule has 4 rings (SSSR count). The van der Waals surface area contributed by atoms with E-state index in [0.29, 0.717) is 17.9 Å². The molecule has 2 unspecified atom stereocenters. The van der Waals surface area contributed by atoms with Crippen molar-refractivity contribution in [3.05, 3.63) is 63.1 Å². The summed E-state index contributed by atoms with van der Waals surface area (Å²) in [6.45, 7) is 2.64. The van der Waals surface area contributed by atoms with Crippen LogP contribution < -0.4 is 5.56 Å². The number of halogens is 1. The van der Waals surface area contributed by atoms with E-state index in [1.807, 2.05) is 19.1 Å². The van der Waals surface area contributed by atoms with Gasteiger partial charge in [0.1, 0.15) is 11.6 Å². The van der Waals surface area contributed by atoms with Gasteiger partial charge in [-0.2, -0.15) is 0 Å². The highest BCUT2D eigenvalue weighted by atomic mass is 19.1. The van der Waals surface area contributed by atoms with Gasteiger partial charge in [0.25, 0.3) is 5.56 Å². The topological polar surface area (TPSA) is 49.0 Å². The van der Waals surface area contributed by atoms with Gasteiger partial charge in [-0.15, -0.1) is 0 Å². The molecule has 0 aliphatic carbocycles. The minimum Gasteiger partial charge on any atom is -0.311 e. The third kappa shape index (κ3) is 2.70. The van der Waals surface area contributed by atoms with Gasteiger partial charge in [0.05, 0.1) is 5.69 Å². The van der Waals surface area contributed by atoms with Gasteiger partial charge in [0.2, 0.25) is 0 Å². The van der Waals surface area contributed by atoms with Crippen molar-refractivity contribution in [1.82, 2.24) is 14.9 Å². The number of benzene rings is 1. The lowest BCUT2D eigenvalue weighted by Crippen LogP contribution is -2.36. The van der Waals surface area contributed by atoms with Crippen LogP contribution in [0.5, 0.6) is 0 Å². The first-order valence-corrected chi connectivity index (χ1v) is 8.19. The zero-order valence-corrected chi connectivity index (χ0v) is 13.2. The summed E-state index contributed by atoms with van der Waals surface area (Å²) < 4.78 is 13.1. The lowest BCUT2D eigenvalue weighted by molar-refractivity contribution is 0.187. The van der Waals surface area contributed by atoms with Gasteiger partial charge < -0.3 is 4.98 Å². The molecule has 2 aliphatic rings. The largest absolute Gasteiger partial charge is 0.311 e. The summed E-state index contributed by atoms with van der Waals surface area (Å²) in [5.41, 5.74) is 2.95. The molecule has 1 saturated heterocycles. The maximum absolute atomic E-state index is 13.1. The number of aromatic amines is 1. The predicted molar refractivity (Wildman–Crippen MR) is 85.8 cm³/mol. The lowest BCUT2D eigenvalue weighted by Gasteiger charge is -2.27. The Kier molecular flexibility index (Phi) is 3.53. The highest BCUT2D eigenvalue weighted by molar-refractivity contribution is 5.25. The minimum atomic E-state index is -0.203. The SMILES string of the molecule is Cc1nc2c(c(=O)[nH]1)CC1CCC(C2)N1Cc1ccc(F)cc1. The third-order valence-electron chi connectivity index (χ3n) is 5.14. The second-order valence-corrected chi connectivity index (χ2v) is 6.67. The Labute approximate surface area is 134 Å². The smallest absolute Gasteiger partial charge is 0.254 e. The van der Waals surface area contributed by atoms with Crippen LogP contribution in [0.3, 0.4) is 0 Å². The number of aromatic nitrogens is 2. The van der Waals surface area contributed by atoms with Crippen molar-refractivity contribution in [2.24, 2.45) is 0 Å². The van der Waals surface area contributed by atoms with Gasteiger partial charge in [-0.05, 0) is 43.9 Å². The molecule has 120 valence electrons. The lowest BCUT2D eigenvalue weighted by atomic mass is 9.98.